The van der Waals surface area contributed by atoms with Crippen LogP contribution >= 0.6 is 0 Å². The molecule has 2 N–H and O–H groups in total. The second-order valence-electron chi connectivity index (χ2n) is 5.78. The van der Waals surface area contributed by atoms with Crippen molar-refractivity contribution in [3.05, 3.63) is 58.1 Å². The zero-order valence-electron chi connectivity index (χ0n) is 12.3. The average Bonchev–Trinajstić information content (AvgIpc) is 3.33. The molecule has 0 saturated heterocycles. The number of benzene rings is 1. The maximum Gasteiger partial charge on any atom is 0.355 e. The summed E-state index contributed by atoms with van der Waals surface area (Å²) in [5.41, 5.74) is 8.94. The van der Waals surface area contributed by atoms with Crippen LogP contribution in [0.2, 0.25) is 0 Å². The summed E-state index contributed by atoms with van der Waals surface area (Å²) < 4.78 is 1.56. The molecule has 0 bridgehead atoms. The first-order chi connectivity index (χ1) is 10.6. The number of nitrogen functional groups attached to an aromatic ring is 1. The largest absolute Gasteiger partial charge is 0.383 e. The molecule has 3 aromatic rings. The summed E-state index contributed by atoms with van der Waals surface area (Å²) in [6.07, 6.45) is 2.32. The van der Waals surface area contributed by atoms with Gasteiger partial charge in [0, 0.05) is 11.6 Å². The number of para-hydroxylation sites is 1. The van der Waals surface area contributed by atoms with E-state index in [1.165, 1.54) is 0 Å². The highest BCUT2D eigenvalue weighted by atomic mass is 16.1. The van der Waals surface area contributed by atoms with Crippen molar-refractivity contribution in [3.63, 3.8) is 0 Å². The maximum atomic E-state index is 12.4. The van der Waals surface area contributed by atoms with E-state index < -0.39 is 0 Å². The number of hydrogen-bond acceptors (Lipinski definition) is 4. The molecule has 1 saturated carbocycles. The van der Waals surface area contributed by atoms with E-state index in [4.69, 9.17) is 10.7 Å². The van der Waals surface area contributed by atoms with Gasteiger partial charge in [-0.2, -0.15) is 4.98 Å². The molecule has 110 valence electrons. The number of aromatic nitrogens is 3. The van der Waals surface area contributed by atoms with Crippen molar-refractivity contribution in [2.45, 2.75) is 25.7 Å². The fraction of sp³-hybridized carbons (Fsp3) is 0.235. The number of nitrogens with two attached hydrogens (primary N) is 1. The summed E-state index contributed by atoms with van der Waals surface area (Å²) in [5.74, 6) is 0.749. The average molecular weight is 292 g/mol. The molecular weight excluding hydrogens is 276 g/mol. The van der Waals surface area contributed by atoms with Crippen LogP contribution in [0.3, 0.4) is 0 Å². The number of rotatable bonds is 2. The highest BCUT2D eigenvalue weighted by Crippen LogP contribution is 2.39. The molecule has 0 atom stereocenters. The Hall–Kier alpha value is -2.69. The second-order valence-corrected chi connectivity index (χ2v) is 5.78. The van der Waals surface area contributed by atoms with Crippen LogP contribution in [0.15, 0.2) is 41.2 Å². The first-order valence-corrected chi connectivity index (χ1v) is 7.40. The van der Waals surface area contributed by atoms with Crippen molar-refractivity contribution >= 4 is 16.9 Å². The van der Waals surface area contributed by atoms with Gasteiger partial charge < -0.3 is 5.73 Å². The summed E-state index contributed by atoms with van der Waals surface area (Å²) in [7, 11) is 0. The lowest BCUT2D eigenvalue weighted by atomic mass is 10.2. The Labute approximate surface area is 127 Å². The Morgan fingerprint density at radius 2 is 1.91 bits per heavy atom. The van der Waals surface area contributed by atoms with Crippen LogP contribution in [0.25, 0.3) is 16.7 Å². The predicted octanol–water partition coefficient (Wildman–Crippen LogP) is 2.55. The minimum Gasteiger partial charge on any atom is -0.383 e. The Morgan fingerprint density at radius 1 is 1.14 bits per heavy atom. The Morgan fingerprint density at radius 3 is 2.64 bits per heavy atom. The number of nitrogens with zero attached hydrogens (tertiary/aromatic N) is 3. The van der Waals surface area contributed by atoms with Gasteiger partial charge in [-0.15, -0.1) is 0 Å². The van der Waals surface area contributed by atoms with Gasteiger partial charge in [0.2, 0.25) is 0 Å². The van der Waals surface area contributed by atoms with Crippen LogP contribution in [-0.4, -0.2) is 14.5 Å². The normalized spacial score (nSPS) is 14.4. The Kier molecular flexibility index (Phi) is 2.76. The molecule has 1 aliphatic rings. The van der Waals surface area contributed by atoms with Gasteiger partial charge in [0.1, 0.15) is 5.82 Å². The quantitative estimate of drug-likeness (QED) is 0.787. The van der Waals surface area contributed by atoms with Crippen LogP contribution < -0.4 is 11.4 Å². The van der Waals surface area contributed by atoms with Gasteiger partial charge in [0.25, 0.3) is 0 Å². The number of anilines is 1. The number of pyridine rings is 1. The minimum absolute atomic E-state index is 0.236. The molecule has 2 heterocycles. The van der Waals surface area contributed by atoms with E-state index in [9.17, 15) is 4.79 Å². The van der Waals surface area contributed by atoms with Crippen molar-refractivity contribution in [2.24, 2.45) is 0 Å². The third-order valence-corrected chi connectivity index (χ3v) is 4.14. The SMILES string of the molecule is Cc1ccccc1-n1c(=O)nc(N)c2ccc(C3CC3)nc21. The van der Waals surface area contributed by atoms with Gasteiger partial charge in [-0.3, -0.25) is 0 Å². The standard InChI is InChI=1S/C17H16N4O/c1-10-4-2-3-5-14(10)21-16-12(15(18)20-17(21)22)8-9-13(19-16)11-6-7-11/h2-5,8-9,11H,6-7H2,1H3,(H2,18,20,22). The molecule has 1 fully saturated rings. The van der Waals surface area contributed by atoms with E-state index in [1.807, 2.05) is 43.3 Å². The molecule has 5 nitrogen and oxygen atoms in total. The molecule has 0 amide bonds. The van der Waals surface area contributed by atoms with E-state index in [2.05, 4.69) is 4.98 Å². The fourth-order valence-electron chi connectivity index (χ4n) is 2.78. The predicted molar refractivity (Wildman–Crippen MR) is 86.3 cm³/mol. The summed E-state index contributed by atoms with van der Waals surface area (Å²) in [6.45, 7) is 1.97. The van der Waals surface area contributed by atoms with Gasteiger partial charge in [0.05, 0.1) is 11.1 Å². The lowest BCUT2D eigenvalue weighted by Crippen LogP contribution is -2.24. The van der Waals surface area contributed by atoms with E-state index in [0.29, 0.717) is 17.0 Å². The van der Waals surface area contributed by atoms with Crippen molar-refractivity contribution in [3.8, 4) is 5.69 Å². The van der Waals surface area contributed by atoms with E-state index in [0.717, 1.165) is 29.8 Å². The van der Waals surface area contributed by atoms with Crippen LogP contribution in [0.4, 0.5) is 5.82 Å². The van der Waals surface area contributed by atoms with Crippen LogP contribution in [0, 0.1) is 6.92 Å². The number of hydrogen-bond donors (Lipinski definition) is 1. The van der Waals surface area contributed by atoms with Gasteiger partial charge >= 0.3 is 5.69 Å². The zero-order valence-corrected chi connectivity index (χ0v) is 12.3. The Bertz CT molecular complexity index is 941. The summed E-state index contributed by atoms with van der Waals surface area (Å²) in [6, 6.07) is 11.6. The summed E-state index contributed by atoms with van der Waals surface area (Å²) in [5, 5.41) is 0.715. The molecule has 0 radical (unpaired) electrons. The topological polar surface area (TPSA) is 73.8 Å². The van der Waals surface area contributed by atoms with Gasteiger partial charge in [0.15, 0.2) is 5.65 Å². The molecule has 0 spiro atoms. The molecule has 5 heteroatoms. The van der Waals surface area contributed by atoms with Gasteiger partial charge in [-0.1, -0.05) is 18.2 Å². The lowest BCUT2D eigenvalue weighted by Gasteiger charge is -2.13. The molecule has 22 heavy (non-hydrogen) atoms. The molecular formula is C17H16N4O. The van der Waals surface area contributed by atoms with E-state index in [-0.39, 0.29) is 11.5 Å². The number of fused-ring (bicyclic) bond motifs is 1. The first kappa shape index (κ1) is 13.0. The van der Waals surface area contributed by atoms with Crippen LogP contribution in [-0.2, 0) is 0 Å². The highest BCUT2D eigenvalue weighted by Gasteiger charge is 2.26. The van der Waals surface area contributed by atoms with Gasteiger partial charge in [-0.05, 0) is 43.5 Å². The van der Waals surface area contributed by atoms with Crippen molar-refractivity contribution in [1.82, 2.24) is 14.5 Å². The molecule has 1 aromatic carbocycles. The minimum atomic E-state index is -0.389. The third kappa shape index (κ3) is 1.97. The van der Waals surface area contributed by atoms with Crippen LogP contribution in [0.5, 0.6) is 0 Å². The first-order valence-electron chi connectivity index (χ1n) is 7.40. The smallest absolute Gasteiger partial charge is 0.355 e. The molecule has 0 unspecified atom stereocenters. The number of aryl methyl sites for hydroxylation is 1. The lowest BCUT2D eigenvalue weighted by molar-refractivity contribution is 0.920. The monoisotopic (exact) mass is 292 g/mol. The maximum absolute atomic E-state index is 12.4. The zero-order chi connectivity index (χ0) is 15.3. The summed E-state index contributed by atoms with van der Waals surface area (Å²) in [4.78, 5) is 21.1. The fourth-order valence-corrected chi connectivity index (χ4v) is 2.78. The van der Waals surface area contributed by atoms with Crippen LogP contribution in [0.1, 0.15) is 30.0 Å². The molecule has 1 aliphatic carbocycles. The van der Waals surface area contributed by atoms with Crippen molar-refractivity contribution in [1.29, 1.82) is 0 Å². The highest BCUT2D eigenvalue weighted by molar-refractivity contribution is 5.86. The Balaban J connectivity index is 2.10. The second kappa shape index (κ2) is 4.66. The van der Waals surface area contributed by atoms with Crippen molar-refractivity contribution < 1.29 is 0 Å². The molecule has 2 aromatic heterocycles. The van der Waals surface area contributed by atoms with Gasteiger partial charge in [-0.25, -0.2) is 14.3 Å². The van der Waals surface area contributed by atoms with E-state index >= 15 is 0 Å². The third-order valence-electron chi connectivity index (χ3n) is 4.14. The van der Waals surface area contributed by atoms with E-state index in [1.54, 1.807) is 4.57 Å². The molecule has 0 aliphatic heterocycles. The molecule has 4 rings (SSSR count). The summed E-state index contributed by atoms with van der Waals surface area (Å²) >= 11 is 0. The van der Waals surface area contributed by atoms with Crippen molar-refractivity contribution in [2.75, 3.05) is 5.73 Å².